The first-order valence-electron chi connectivity index (χ1n) is 11.3. The molecule has 35 heavy (non-hydrogen) atoms. The Hall–Kier alpha value is -1.05. The fraction of sp³-hybridized carbons (Fsp3) is 0.950. The Balaban J connectivity index is 1.85. The Kier molecular flexibility index (Phi) is 9.78. The lowest BCUT2D eigenvalue weighted by atomic mass is 9.95. The van der Waals surface area contributed by atoms with E-state index in [1.807, 2.05) is 0 Å². The van der Waals surface area contributed by atoms with Crippen LogP contribution in [0.1, 0.15) is 20.3 Å². The van der Waals surface area contributed by atoms with Crippen molar-refractivity contribution in [3.8, 4) is 0 Å². The number of aliphatic hydroxyl groups is 8. The Labute approximate surface area is 200 Å². The molecule has 0 spiro atoms. The molecule has 0 saturated carbocycles. The maximum absolute atomic E-state index is 11.5. The SMILES string of the molecule is CC(=O)N[C@@H]1[C@@H](O)[C@H](O[C@@H]2O[C@H](CO)[C@H](O)[C@H](O)[C@H]2O[C@@H]2O[C@@H](C)C[C@@H](O)[C@@H]2O)[C@@H](CO)O[C@H]1O. The van der Waals surface area contributed by atoms with Crippen molar-refractivity contribution in [3.63, 3.8) is 0 Å². The van der Waals surface area contributed by atoms with Gasteiger partial charge in [-0.25, -0.2) is 0 Å². The van der Waals surface area contributed by atoms with E-state index in [2.05, 4.69) is 5.32 Å². The van der Waals surface area contributed by atoms with Crippen molar-refractivity contribution in [2.45, 2.75) is 106 Å². The summed E-state index contributed by atoms with van der Waals surface area (Å²) >= 11 is 0. The zero-order valence-electron chi connectivity index (χ0n) is 19.2. The molecule has 1 amide bonds. The molecular formula is C20H35NO14. The fourth-order valence-electron chi connectivity index (χ4n) is 4.40. The van der Waals surface area contributed by atoms with Crippen LogP contribution in [0.25, 0.3) is 0 Å². The van der Waals surface area contributed by atoms with Gasteiger partial charge in [-0.2, -0.15) is 0 Å². The molecule has 0 radical (unpaired) electrons. The van der Waals surface area contributed by atoms with Crippen molar-refractivity contribution >= 4 is 5.91 Å². The molecular weight excluding hydrogens is 478 g/mol. The van der Waals surface area contributed by atoms with Crippen LogP contribution in [0.15, 0.2) is 0 Å². The standard InChI is InChI=1S/C20H35NO14/c1-6-3-8(25)12(26)19(31-6)35-17-15(29)13(27)9(4-22)33-20(17)34-16-10(5-23)32-18(30)11(14(16)28)21-7(2)24/h6,8-20,22-23,25-30H,3-5H2,1-2H3,(H,21,24)/t6-,8+,9+,10+,11+,12-,13-,14+,15-,16+,17+,18+,19-,20-/m0/s1. The fourth-order valence-corrected chi connectivity index (χ4v) is 4.40. The first kappa shape index (κ1) is 28.5. The number of carbonyl (C=O) groups is 1. The maximum atomic E-state index is 11.5. The highest BCUT2D eigenvalue weighted by atomic mass is 16.8. The molecule has 0 unspecified atom stereocenters. The van der Waals surface area contributed by atoms with Crippen molar-refractivity contribution in [1.82, 2.24) is 5.32 Å². The monoisotopic (exact) mass is 513 g/mol. The highest BCUT2D eigenvalue weighted by Crippen LogP contribution is 2.32. The van der Waals surface area contributed by atoms with Gasteiger partial charge in [0.1, 0.15) is 54.9 Å². The van der Waals surface area contributed by atoms with Crippen molar-refractivity contribution < 1.29 is 69.3 Å². The van der Waals surface area contributed by atoms with Crippen LogP contribution in [0.3, 0.4) is 0 Å². The third-order valence-electron chi connectivity index (χ3n) is 6.26. The Bertz CT molecular complexity index is 701. The Morgan fingerprint density at radius 2 is 1.46 bits per heavy atom. The van der Waals surface area contributed by atoms with Gasteiger partial charge in [-0.15, -0.1) is 0 Å². The topological polar surface area (TPSA) is 237 Å². The van der Waals surface area contributed by atoms with Gasteiger partial charge >= 0.3 is 0 Å². The summed E-state index contributed by atoms with van der Waals surface area (Å²) in [5.74, 6) is -0.594. The number of amides is 1. The maximum Gasteiger partial charge on any atom is 0.217 e. The van der Waals surface area contributed by atoms with Crippen LogP contribution in [0.4, 0.5) is 0 Å². The molecule has 3 aliphatic rings. The third kappa shape index (κ3) is 6.27. The summed E-state index contributed by atoms with van der Waals surface area (Å²) in [5.41, 5.74) is 0. The average Bonchev–Trinajstić information content (AvgIpc) is 2.80. The lowest BCUT2D eigenvalue weighted by molar-refractivity contribution is -0.377. The summed E-state index contributed by atoms with van der Waals surface area (Å²) in [6.45, 7) is 1.31. The number of carbonyl (C=O) groups excluding carboxylic acids is 1. The minimum atomic E-state index is -1.75. The van der Waals surface area contributed by atoms with Crippen molar-refractivity contribution in [1.29, 1.82) is 0 Å². The van der Waals surface area contributed by atoms with E-state index in [1.54, 1.807) is 6.92 Å². The average molecular weight is 513 g/mol. The van der Waals surface area contributed by atoms with Gasteiger partial charge in [-0.05, 0) is 6.92 Å². The van der Waals surface area contributed by atoms with E-state index >= 15 is 0 Å². The van der Waals surface area contributed by atoms with E-state index in [0.717, 1.165) is 6.92 Å². The van der Waals surface area contributed by atoms with Crippen molar-refractivity contribution in [2.75, 3.05) is 13.2 Å². The number of hydrogen-bond donors (Lipinski definition) is 9. The molecule has 0 aromatic rings. The number of hydrogen-bond acceptors (Lipinski definition) is 14. The predicted octanol–water partition coefficient (Wildman–Crippen LogP) is -5.37. The normalized spacial score (nSPS) is 49.0. The van der Waals surface area contributed by atoms with E-state index in [0.29, 0.717) is 0 Å². The Morgan fingerprint density at radius 1 is 0.829 bits per heavy atom. The predicted molar refractivity (Wildman–Crippen MR) is 110 cm³/mol. The molecule has 3 rings (SSSR count). The Morgan fingerprint density at radius 3 is 2.06 bits per heavy atom. The van der Waals surface area contributed by atoms with Crippen molar-refractivity contribution in [2.24, 2.45) is 0 Å². The van der Waals surface area contributed by atoms with Crippen LogP contribution in [0, 0.1) is 0 Å². The molecule has 3 heterocycles. The minimum absolute atomic E-state index is 0.122. The second-order valence-electron chi connectivity index (χ2n) is 8.98. The largest absolute Gasteiger partial charge is 0.394 e. The minimum Gasteiger partial charge on any atom is -0.394 e. The molecule has 3 saturated heterocycles. The van der Waals surface area contributed by atoms with Gasteiger partial charge < -0.3 is 69.9 Å². The number of aliphatic hydroxyl groups excluding tert-OH is 8. The first-order valence-corrected chi connectivity index (χ1v) is 11.3. The smallest absolute Gasteiger partial charge is 0.217 e. The molecule has 0 aromatic heterocycles. The summed E-state index contributed by atoms with van der Waals surface area (Å²) in [6, 6.07) is -1.35. The van der Waals surface area contributed by atoms with Gasteiger partial charge in [0.05, 0.1) is 25.4 Å². The highest BCUT2D eigenvalue weighted by Gasteiger charge is 2.53. The molecule has 0 bridgehead atoms. The quantitative estimate of drug-likeness (QED) is 0.155. The van der Waals surface area contributed by atoms with Gasteiger partial charge in [0.2, 0.25) is 5.91 Å². The van der Waals surface area contributed by atoms with Crippen LogP contribution < -0.4 is 5.32 Å². The van der Waals surface area contributed by atoms with E-state index < -0.39 is 105 Å². The lowest BCUT2D eigenvalue weighted by Gasteiger charge is -2.48. The van der Waals surface area contributed by atoms with E-state index in [4.69, 9.17) is 23.7 Å². The van der Waals surface area contributed by atoms with Gasteiger partial charge in [0.25, 0.3) is 0 Å². The molecule has 9 N–H and O–H groups in total. The molecule has 0 aliphatic carbocycles. The molecule has 3 fully saturated rings. The van der Waals surface area contributed by atoms with Gasteiger partial charge in [-0.3, -0.25) is 4.79 Å². The van der Waals surface area contributed by atoms with Crippen LogP contribution >= 0.6 is 0 Å². The lowest BCUT2D eigenvalue weighted by Crippen LogP contribution is -2.68. The van der Waals surface area contributed by atoms with E-state index in [-0.39, 0.29) is 6.42 Å². The van der Waals surface area contributed by atoms with E-state index in [1.165, 1.54) is 0 Å². The van der Waals surface area contributed by atoms with Crippen molar-refractivity contribution in [3.05, 3.63) is 0 Å². The van der Waals surface area contributed by atoms with Gasteiger partial charge in [0, 0.05) is 13.3 Å². The molecule has 204 valence electrons. The van der Waals surface area contributed by atoms with Crippen LogP contribution in [-0.2, 0) is 28.5 Å². The van der Waals surface area contributed by atoms with Crippen LogP contribution in [-0.4, -0.2) is 146 Å². The van der Waals surface area contributed by atoms with Crippen LogP contribution in [0.2, 0.25) is 0 Å². The second-order valence-corrected chi connectivity index (χ2v) is 8.98. The summed E-state index contributed by atoms with van der Waals surface area (Å²) in [4.78, 5) is 11.5. The molecule has 15 nitrogen and oxygen atoms in total. The molecule has 3 aliphatic heterocycles. The zero-order chi connectivity index (χ0) is 26.0. The summed E-state index contributed by atoms with van der Waals surface area (Å²) in [5, 5.41) is 83.9. The molecule has 0 aromatic carbocycles. The van der Waals surface area contributed by atoms with Crippen LogP contribution in [0.5, 0.6) is 0 Å². The number of ether oxygens (including phenoxy) is 5. The van der Waals surface area contributed by atoms with Gasteiger partial charge in [0.15, 0.2) is 18.9 Å². The molecule has 14 atom stereocenters. The zero-order valence-corrected chi connectivity index (χ0v) is 19.2. The summed E-state index contributed by atoms with van der Waals surface area (Å²) in [6.07, 6.45) is -18.6. The van der Waals surface area contributed by atoms with Gasteiger partial charge in [-0.1, -0.05) is 0 Å². The highest BCUT2D eigenvalue weighted by molar-refractivity contribution is 5.73. The summed E-state index contributed by atoms with van der Waals surface area (Å²) in [7, 11) is 0. The second kappa shape index (κ2) is 12.0. The number of rotatable bonds is 7. The van der Waals surface area contributed by atoms with E-state index in [9.17, 15) is 45.6 Å². The first-order chi connectivity index (χ1) is 16.5. The summed E-state index contributed by atoms with van der Waals surface area (Å²) < 4.78 is 27.7. The number of nitrogens with one attached hydrogen (secondary N) is 1. The molecule has 15 heteroatoms. The third-order valence-corrected chi connectivity index (χ3v) is 6.26.